The van der Waals surface area contributed by atoms with Gasteiger partial charge in [-0.25, -0.2) is 4.79 Å². The first-order chi connectivity index (χ1) is 19.9. The molecule has 42 heavy (non-hydrogen) atoms. The van der Waals surface area contributed by atoms with Crippen LogP contribution in [-0.4, -0.2) is 39.3 Å². The molecule has 1 unspecified atom stereocenters. The van der Waals surface area contributed by atoms with Crippen LogP contribution in [0, 0.1) is 0 Å². The van der Waals surface area contributed by atoms with Crippen molar-refractivity contribution in [1.29, 1.82) is 0 Å². The van der Waals surface area contributed by atoms with E-state index >= 15 is 0 Å². The van der Waals surface area contributed by atoms with Crippen LogP contribution in [0.25, 0.3) is 11.1 Å². The number of halogens is 3. The minimum absolute atomic E-state index is 0.0152. The van der Waals surface area contributed by atoms with Gasteiger partial charge in [-0.3, -0.25) is 15.1 Å². The van der Waals surface area contributed by atoms with E-state index in [-0.39, 0.29) is 34.1 Å². The summed E-state index contributed by atoms with van der Waals surface area (Å²) in [6.07, 6.45) is -6.38. The van der Waals surface area contributed by atoms with Gasteiger partial charge in [-0.05, 0) is 54.4 Å². The summed E-state index contributed by atoms with van der Waals surface area (Å²) in [5, 5.41) is 34.1. The maximum Gasteiger partial charge on any atom is 0.511 e. The molecule has 1 aliphatic heterocycles. The lowest BCUT2D eigenvalue weighted by Gasteiger charge is -2.27. The molecule has 214 valence electrons. The molecule has 4 N–H and O–H groups in total. The topological polar surface area (TPSA) is 132 Å². The van der Waals surface area contributed by atoms with Crippen LogP contribution in [0.5, 0.6) is 11.5 Å². The fourth-order valence-electron chi connectivity index (χ4n) is 4.47. The van der Waals surface area contributed by atoms with Crippen LogP contribution in [-0.2, 0) is 10.4 Å². The van der Waals surface area contributed by atoms with Gasteiger partial charge >= 0.3 is 12.3 Å². The number of aliphatic hydroxyl groups is 1. The number of para-hydroxylation sites is 2. The van der Waals surface area contributed by atoms with Gasteiger partial charge in [0.05, 0.1) is 11.4 Å². The molecule has 12 heteroatoms. The Kier molecular flexibility index (Phi) is 7.08. The average molecular weight is 578 g/mol. The summed E-state index contributed by atoms with van der Waals surface area (Å²) in [5.74, 6) is -0.744. The van der Waals surface area contributed by atoms with Gasteiger partial charge in [-0.2, -0.15) is 18.3 Å². The van der Waals surface area contributed by atoms with Gasteiger partial charge in [0.1, 0.15) is 11.5 Å². The van der Waals surface area contributed by atoms with Gasteiger partial charge in [0.2, 0.25) is 0 Å². The Balaban J connectivity index is 1.45. The molecule has 0 saturated heterocycles. The quantitative estimate of drug-likeness (QED) is 0.0905. The Labute approximate surface area is 236 Å². The largest absolute Gasteiger partial charge is 0.511 e. The van der Waals surface area contributed by atoms with Crippen LogP contribution >= 0.6 is 0 Å². The van der Waals surface area contributed by atoms with Gasteiger partial charge in [-0.15, -0.1) is 0 Å². The number of aromatic hydroxyl groups is 1. The molecule has 0 aliphatic carbocycles. The Hall–Kier alpha value is -5.36. The molecule has 0 spiro atoms. The van der Waals surface area contributed by atoms with Crippen molar-refractivity contribution >= 4 is 34.8 Å². The fourth-order valence-corrected chi connectivity index (χ4v) is 4.47. The zero-order valence-corrected chi connectivity index (χ0v) is 21.8. The molecule has 0 saturated carbocycles. The highest BCUT2D eigenvalue weighted by atomic mass is 19.4. The van der Waals surface area contributed by atoms with Crippen LogP contribution < -0.4 is 15.1 Å². The summed E-state index contributed by atoms with van der Waals surface area (Å²) in [7, 11) is 0. The van der Waals surface area contributed by atoms with Gasteiger partial charge < -0.3 is 20.1 Å². The summed E-state index contributed by atoms with van der Waals surface area (Å²) in [6, 6.07) is 22.3. The third-order valence-electron chi connectivity index (χ3n) is 6.72. The van der Waals surface area contributed by atoms with Crippen LogP contribution in [0.4, 0.5) is 35.0 Å². The van der Waals surface area contributed by atoms with Crippen LogP contribution in [0.2, 0.25) is 0 Å². The number of benzene rings is 4. The zero-order valence-electron chi connectivity index (χ0n) is 21.8. The zero-order chi connectivity index (χ0) is 30.2. The molecule has 1 amide bonds. The van der Waals surface area contributed by atoms with Crippen LogP contribution in [0.1, 0.15) is 18.1 Å². The number of nitrogens with one attached hydrogen (secondary N) is 1. The molecule has 0 fully saturated rings. The summed E-state index contributed by atoms with van der Waals surface area (Å²) in [5.41, 5.74) is 1.31. The second-order valence-corrected chi connectivity index (χ2v) is 9.44. The number of carbonyl (C=O) groups is 2. The predicted octanol–water partition coefficient (Wildman–Crippen LogP) is 6.38. The first kappa shape index (κ1) is 28.2. The van der Waals surface area contributed by atoms with Crippen molar-refractivity contribution in [3.8, 4) is 22.6 Å². The number of hydrogen-bond acceptors (Lipinski definition) is 7. The molecular weight excluding hydrogens is 555 g/mol. The van der Waals surface area contributed by atoms with Crippen molar-refractivity contribution in [3.63, 3.8) is 0 Å². The number of fused-ring (bicyclic) bond motifs is 1. The van der Waals surface area contributed by atoms with Crippen molar-refractivity contribution in [2.75, 3.05) is 10.3 Å². The van der Waals surface area contributed by atoms with Gasteiger partial charge in [0.25, 0.3) is 5.91 Å². The molecule has 9 nitrogen and oxygen atoms in total. The minimum Gasteiger partial charge on any atom is -0.505 e. The van der Waals surface area contributed by atoms with E-state index in [2.05, 4.69) is 15.3 Å². The van der Waals surface area contributed by atoms with Gasteiger partial charge in [-0.1, -0.05) is 54.6 Å². The van der Waals surface area contributed by atoms with Gasteiger partial charge in [0, 0.05) is 16.8 Å². The maximum absolute atomic E-state index is 13.5. The molecule has 4 aromatic carbocycles. The number of phenols is 1. The van der Waals surface area contributed by atoms with E-state index in [0.717, 1.165) is 12.1 Å². The fraction of sp³-hybridized carbons (Fsp3) is 0.100. The lowest BCUT2D eigenvalue weighted by atomic mass is 9.95. The number of hydrazone groups is 1. The molecule has 0 aromatic heterocycles. The highest BCUT2D eigenvalue weighted by Gasteiger charge is 2.51. The highest BCUT2D eigenvalue weighted by molar-refractivity contribution is 6.55. The molecule has 5 rings (SSSR count). The van der Waals surface area contributed by atoms with Gasteiger partial charge in [0.15, 0.2) is 11.3 Å². The number of carboxylic acid groups (broad SMARTS) is 1. The SMILES string of the molecule is CC(O)(c1ccc(N2C(=O)C(=NNc3cccc(-c4cccc(OC(=O)O)c4)c3O)c3ccccc32)cc1)C(F)(F)F. The summed E-state index contributed by atoms with van der Waals surface area (Å²) in [6.45, 7) is 0.652. The second kappa shape index (κ2) is 10.6. The number of rotatable bonds is 6. The minimum atomic E-state index is -4.89. The normalized spacial score (nSPS) is 15.3. The van der Waals surface area contributed by atoms with E-state index in [1.54, 1.807) is 48.5 Å². The van der Waals surface area contributed by atoms with E-state index < -0.39 is 23.8 Å². The molecular formula is C30H22F3N3O6. The van der Waals surface area contributed by atoms with E-state index in [1.165, 1.54) is 35.2 Å². The van der Waals surface area contributed by atoms with Crippen molar-refractivity contribution in [2.24, 2.45) is 5.10 Å². The first-order valence-corrected chi connectivity index (χ1v) is 12.4. The standard InChI is InChI=1S/C30H22F3N3O6/c1-29(41,30(31,32)33)18-12-14-19(15-13-18)36-24-11-3-2-8-22(24)25(27(36)38)35-34-23-10-5-9-21(26(23)37)17-6-4-7-20(16-17)42-28(39)40/h2-16,34,37,41H,1H3,(H,39,40). The number of hydrogen-bond donors (Lipinski definition) is 4. The number of carbonyl (C=O) groups excluding carboxylic acids is 1. The summed E-state index contributed by atoms with van der Waals surface area (Å²) >= 11 is 0. The molecule has 1 aliphatic rings. The van der Waals surface area contributed by atoms with Crippen molar-refractivity contribution in [3.05, 3.63) is 102 Å². The smallest absolute Gasteiger partial charge is 0.505 e. The monoisotopic (exact) mass is 577 g/mol. The molecule has 0 radical (unpaired) electrons. The number of ether oxygens (including phenoxy) is 1. The Morgan fingerprint density at radius 3 is 2.29 bits per heavy atom. The number of phenolic OH excluding ortho intramolecular Hbond substituents is 1. The number of nitrogens with zero attached hydrogens (tertiary/aromatic N) is 2. The number of anilines is 3. The number of alkyl halides is 3. The molecule has 1 atom stereocenters. The van der Waals surface area contributed by atoms with Crippen LogP contribution in [0.3, 0.4) is 0 Å². The van der Waals surface area contributed by atoms with Crippen molar-refractivity contribution in [1.82, 2.24) is 0 Å². The lowest BCUT2D eigenvalue weighted by Crippen LogP contribution is -2.39. The molecule has 1 heterocycles. The third kappa shape index (κ3) is 5.10. The Morgan fingerprint density at radius 1 is 0.929 bits per heavy atom. The van der Waals surface area contributed by atoms with E-state index in [0.29, 0.717) is 29.3 Å². The summed E-state index contributed by atoms with van der Waals surface area (Å²) in [4.78, 5) is 25.7. The van der Waals surface area contributed by atoms with E-state index in [1.807, 2.05) is 0 Å². The average Bonchev–Trinajstić information content (AvgIpc) is 3.22. The number of amides is 1. The van der Waals surface area contributed by atoms with Crippen molar-refractivity contribution in [2.45, 2.75) is 18.7 Å². The van der Waals surface area contributed by atoms with E-state index in [9.17, 15) is 33.0 Å². The van der Waals surface area contributed by atoms with Crippen molar-refractivity contribution < 1.29 is 42.8 Å². The Bertz CT molecular complexity index is 1720. The lowest BCUT2D eigenvalue weighted by molar-refractivity contribution is -0.258. The van der Waals surface area contributed by atoms with E-state index in [4.69, 9.17) is 5.11 Å². The molecule has 4 aromatic rings. The Morgan fingerprint density at radius 2 is 1.60 bits per heavy atom. The van der Waals surface area contributed by atoms with Crippen LogP contribution in [0.15, 0.2) is 96.1 Å². The second-order valence-electron chi connectivity index (χ2n) is 9.44. The first-order valence-electron chi connectivity index (χ1n) is 12.4. The molecule has 0 bridgehead atoms. The predicted molar refractivity (Wildman–Crippen MR) is 148 cm³/mol. The highest BCUT2D eigenvalue weighted by Crippen LogP contribution is 2.41. The summed E-state index contributed by atoms with van der Waals surface area (Å²) < 4.78 is 44.5. The maximum atomic E-state index is 13.5. The third-order valence-corrected chi connectivity index (χ3v) is 6.72.